The molecular weight excluding hydrogens is 322 g/mol. The molecule has 0 aliphatic carbocycles. The Labute approximate surface area is 148 Å². The molecule has 24 heavy (non-hydrogen) atoms. The maximum absolute atomic E-state index is 6.02. The minimum Gasteiger partial charge on any atom is -0.370 e. The molecule has 3 rings (SSSR count). The van der Waals surface area contributed by atoms with Gasteiger partial charge in [0.1, 0.15) is 18.0 Å². The van der Waals surface area contributed by atoms with Crippen LogP contribution < -0.4 is 10.2 Å². The van der Waals surface area contributed by atoms with Crippen LogP contribution in [0.15, 0.2) is 36.7 Å². The summed E-state index contributed by atoms with van der Waals surface area (Å²) in [5.74, 6) is 1.88. The summed E-state index contributed by atoms with van der Waals surface area (Å²) in [4.78, 5) is 13.5. The van der Waals surface area contributed by atoms with E-state index in [0.717, 1.165) is 62.3 Å². The van der Waals surface area contributed by atoms with E-state index in [2.05, 4.69) is 38.1 Å². The number of halogens is 1. The first-order chi connectivity index (χ1) is 11.7. The zero-order chi connectivity index (χ0) is 16.8. The van der Waals surface area contributed by atoms with Crippen LogP contribution in [-0.2, 0) is 6.42 Å². The fourth-order valence-corrected chi connectivity index (χ4v) is 3.15. The Bertz CT molecular complexity index is 655. The summed E-state index contributed by atoms with van der Waals surface area (Å²) >= 11 is 6.02. The van der Waals surface area contributed by atoms with Gasteiger partial charge < -0.3 is 15.1 Å². The summed E-state index contributed by atoms with van der Waals surface area (Å²) in [5.41, 5.74) is 1.22. The van der Waals surface area contributed by atoms with Crippen LogP contribution in [0.2, 0.25) is 5.02 Å². The topological polar surface area (TPSA) is 44.3 Å². The van der Waals surface area contributed by atoms with Gasteiger partial charge in [0.25, 0.3) is 0 Å². The van der Waals surface area contributed by atoms with Gasteiger partial charge in [-0.1, -0.05) is 30.7 Å². The van der Waals surface area contributed by atoms with Crippen molar-refractivity contribution in [1.29, 1.82) is 0 Å². The molecule has 0 bridgehead atoms. The molecule has 2 heterocycles. The molecule has 0 atom stereocenters. The smallest absolute Gasteiger partial charge is 0.134 e. The summed E-state index contributed by atoms with van der Waals surface area (Å²) in [6.45, 7) is 8.38. The van der Waals surface area contributed by atoms with E-state index >= 15 is 0 Å². The van der Waals surface area contributed by atoms with Crippen molar-refractivity contribution in [3.05, 3.63) is 47.2 Å². The molecule has 128 valence electrons. The molecule has 1 saturated heterocycles. The number of benzene rings is 1. The first-order valence-electron chi connectivity index (χ1n) is 8.52. The highest BCUT2D eigenvalue weighted by atomic mass is 35.5. The Hall–Kier alpha value is -1.85. The maximum Gasteiger partial charge on any atom is 0.134 e. The van der Waals surface area contributed by atoms with Crippen LogP contribution >= 0.6 is 11.6 Å². The molecule has 0 radical (unpaired) electrons. The lowest BCUT2D eigenvalue weighted by Crippen LogP contribution is -2.46. The number of piperazine rings is 1. The summed E-state index contributed by atoms with van der Waals surface area (Å²) in [5, 5.41) is 4.16. The normalized spacial score (nSPS) is 15.5. The van der Waals surface area contributed by atoms with Crippen LogP contribution in [0.5, 0.6) is 0 Å². The second-order valence-electron chi connectivity index (χ2n) is 5.99. The third-order valence-electron chi connectivity index (χ3n) is 4.40. The number of hydrogen-bond acceptors (Lipinski definition) is 5. The minimum atomic E-state index is 0.781. The number of likely N-dealkylation sites (N-methyl/N-ethyl adjacent to an activating group) is 1. The third kappa shape index (κ3) is 4.58. The Kier molecular flexibility index (Phi) is 5.88. The third-order valence-corrected chi connectivity index (χ3v) is 4.64. The predicted octanol–water partition coefficient (Wildman–Crippen LogP) is 2.93. The highest BCUT2D eigenvalue weighted by Crippen LogP contribution is 2.16. The van der Waals surface area contributed by atoms with Gasteiger partial charge in [0.2, 0.25) is 0 Å². The van der Waals surface area contributed by atoms with E-state index in [1.54, 1.807) is 6.33 Å². The second kappa shape index (κ2) is 8.31. The standard InChI is InChI=1S/C18H24ClN5/c1-2-23-8-10-24(11-9-23)18-13-17(21-14-22-18)20-7-6-15-4-3-5-16(19)12-15/h3-5,12-14H,2,6-11H2,1H3,(H,20,21,22). The molecule has 1 aliphatic rings. The predicted molar refractivity (Wildman–Crippen MR) is 100 cm³/mol. The summed E-state index contributed by atoms with van der Waals surface area (Å²) in [7, 11) is 0. The number of hydrogen-bond donors (Lipinski definition) is 1. The first-order valence-corrected chi connectivity index (χ1v) is 8.90. The number of anilines is 2. The molecular formula is C18H24ClN5. The monoisotopic (exact) mass is 345 g/mol. The fourth-order valence-electron chi connectivity index (χ4n) is 2.94. The summed E-state index contributed by atoms with van der Waals surface area (Å²) < 4.78 is 0. The van der Waals surface area contributed by atoms with Crippen molar-refractivity contribution in [3.63, 3.8) is 0 Å². The Balaban J connectivity index is 1.53. The zero-order valence-corrected chi connectivity index (χ0v) is 14.8. The van der Waals surface area contributed by atoms with E-state index in [1.165, 1.54) is 5.56 Å². The first kappa shape index (κ1) is 17.0. The number of nitrogens with one attached hydrogen (secondary N) is 1. The minimum absolute atomic E-state index is 0.781. The lowest BCUT2D eigenvalue weighted by Gasteiger charge is -2.34. The zero-order valence-electron chi connectivity index (χ0n) is 14.1. The van der Waals surface area contributed by atoms with Gasteiger partial charge in [-0.05, 0) is 30.7 Å². The molecule has 0 spiro atoms. The van der Waals surface area contributed by atoms with Gasteiger partial charge in [0.15, 0.2) is 0 Å². The molecule has 1 N–H and O–H groups in total. The Morgan fingerprint density at radius 2 is 1.96 bits per heavy atom. The van der Waals surface area contributed by atoms with Crippen LogP contribution in [0.4, 0.5) is 11.6 Å². The van der Waals surface area contributed by atoms with Crippen LogP contribution in [0, 0.1) is 0 Å². The highest BCUT2D eigenvalue weighted by Gasteiger charge is 2.17. The van der Waals surface area contributed by atoms with Crippen LogP contribution in [0.25, 0.3) is 0 Å². The van der Waals surface area contributed by atoms with Gasteiger partial charge in [0.05, 0.1) is 0 Å². The van der Waals surface area contributed by atoms with E-state index in [0.29, 0.717) is 0 Å². The van der Waals surface area contributed by atoms with Crippen molar-refractivity contribution in [2.45, 2.75) is 13.3 Å². The largest absolute Gasteiger partial charge is 0.370 e. The van der Waals surface area contributed by atoms with Crippen LogP contribution in [0.3, 0.4) is 0 Å². The summed E-state index contributed by atoms with van der Waals surface area (Å²) in [6.07, 6.45) is 2.55. The second-order valence-corrected chi connectivity index (χ2v) is 6.43. The molecule has 6 heteroatoms. The Morgan fingerprint density at radius 3 is 2.71 bits per heavy atom. The quantitative estimate of drug-likeness (QED) is 0.872. The lowest BCUT2D eigenvalue weighted by atomic mass is 10.1. The van der Waals surface area contributed by atoms with Crippen molar-refractivity contribution < 1.29 is 0 Å². The van der Waals surface area contributed by atoms with Crippen LogP contribution in [0.1, 0.15) is 12.5 Å². The van der Waals surface area contributed by atoms with E-state index in [4.69, 9.17) is 11.6 Å². The van der Waals surface area contributed by atoms with Crippen molar-refractivity contribution in [3.8, 4) is 0 Å². The van der Waals surface area contributed by atoms with Gasteiger partial charge >= 0.3 is 0 Å². The lowest BCUT2D eigenvalue weighted by molar-refractivity contribution is 0.270. The molecule has 1 aliphatic heterocycles. The maximum atomic E-state index is 6.02. The van der Waals surface area contributed by atoms with Crippen molar-refractivity contribution >= 4 is 23.2 Å². The van der Waals surface area contributed by atoms with E-state index in [9.17, 15) is 0 Å². The number of aromatic nitrogens is 2. The molecule has 0 amide bonds. The van der Waals surface area contributed by atoms with E-state index in [1.807, 2.05) is 24.3 Å². The number of nitrogens with zero attached hydrogens (tertiary/aromatic N) is 4. The van der Waals surface area contributed by atoms with Gasteiger partial charge in [-0.3, -0.25) is 0 Å². The van der Waals surface area contributed by atoms with Crippen molar-refractivity contribution in [2.24, 2.45) is 0 Å². The van der Waals surface area contributed by atoms with E-state index < -0.39 is 0 Å². The molecule has 2 aromatic rings. The van der Waals surface area contributed by atoms with Gasteiger partial charge in [0, 0.05) is 43.8 Å². The number of rotatable bonds is 6. The molecule has 1 fully saturated rings. The molecule has 1 aromatic carbocycles. The highest BCUT2D eigenvalue weighted by molar-refractivity contribution is 6.30. The molecule has 0 unspecified atom stereocenters. The van der Waals surface area contributed by atoms with Gasteiger partial charge in [-0.2, -0.15) is 0 Å². The average molecular weight is 346 g/mol. The molecule has 0 saturated carbocycles. The van der Waals surface area contributed by atoms with E-state index in [-0.39, 0.29) is 0 Å². The molecule has 1 aromatic heterocycles. The van der Waals surface area contributed by atoms with Crippen molar-refractivity contribution in [1.82, 2.24) is 14.9 Å². The fraction of sp³-hybridized carbons (Fsp3) is 0.444. The summed E-state index contributed by atoms with van der Waals surface area (Å²) in [6, 6.07) is 10.0. The van der Waals surface area contributed by atoms with Gasteiger partial charge in [-0.15, -0.1) is 0 Å². The molecule has 5 nitrogen and oxygen atoms in total. The van der Waals surface area contributed by atoms with Crippen LogP contribution in [-0.4, -0.2) is 54.1 Å². The van der Waals surface area contributed by atoms with Crippen molar-refractivity contribution in [2.75, 3.05) is 49.5 Å². The Morgan fingerprint density at radius 1 is 1.12 bits per heavy atom. The average Bonchev–Trinajstić information content (AvgIpc) is 2.62. The van der Waals surface area contributed by atoms with Gasteiger partial charge in [-0.25, -0.2) is 9.97 Å². The SMILES string of the molecule is CCN1CCN(c2cc(NCCc3cccc(Cl)c3)ncn2)CC1.